The second-order valence-corrected chi connectivity index (χ2v) is 3.33. The molecule has 0 fully saturated rings. The highest BCUT2D eigenvalue weighted by Gasteiger charge is 2.08. The third kappa shape index (κ3) is 2.54. The van der Waals surface area contributed by atoms with Gasteiger partial charge in [-0.3, -0.25) is 9.78 Å². The number of nitrogens with one attached hydrogen (secondary N) is 1. The Balaban J connectivity index is 1.98. The minimum absolute atomic E-state index is 0.184. The smallest absolute Gasteiger partial charge is 0.270 e. The van der Waals surface area contributed by atoms with Crippen LogP contribution in [0.25, 0.3) is 0 Å². The van der Waals surface area contributed by atoms with Gasteiger partial charge in [0.05, 0.1) is 6.54 Å². The highest BCUT2D eigenvalue weighted by atomic mass is 35.5. The number of hydrogen-bond acceptors (Lipinski definition) is 5. The van der Waals surface area contributed by atoms with Crippen molar-refractivity contribution in [1.82, 2.24) is 20.4 Å². The van der Waals surface area contributed by atoms with Crippen LogP contribution in [0, 0.1) is 0 Å². The molecular formula is C9H7ClN4O2. The van der Waals surface area contributed by atoms with Crippen molar-refractivity contribution < 1.29 is 9.32 Å². The largest absolute Gasteiger partial charge is 0.343 e. The van der Waals surface area contributed by atoms with Gasteiger partial charge >= 0.3 is 0 Å². The van der Waals surface area contributed by atoms with Crippen molar-refractivity contribution in [1.29, 1.82) is 0 Å². The molecule has 0 spiro atoms. The summed E-state index contributed by atoms with van der Waals surface area (Å²) in [6, 6.07) is 3.07. The highest BCUT2D eigenvalue weighted by Crippen LogP contribution is 2.07. The lowest BCUT2D eigenvalue weighted by Gasteiger charge is -2.01. The fraction of sp³-hybridized carbons (Fsp3) is 0.111. The normalized spacial score (nSPS) is 10.1. The van der Waals surface area contributed by atoms with Gasteiger partial charge in [-0.25, -0.2) is 0 Å². The fourth-order valence-electron chi connectivity index (χ4n) is 1.05. The monoisotopic (exact) mass is 238 g/mol. The highest BCUT2D eigenvalue weighted by molar-refractivity contribution is 6.30. The van der Waals surface area contributed by atoms with Crippen LogP contribution < -0.4 is 5.32 Å². The number of rotatable bonds is 3. The molecule has 6 nitrogen and oxygen atoms in total. The summed E-state index contributed by atoms with van der Waals surface area (Å²) >= 11 is 5.73. The van der Waals surface area contributed by atoms with Gasteiger partial charge in [-0.2, -0.15) is 4.98 Å². The summed E-state index contributed by atoms with van der Waals surface area (Å²) in [7, 11) is 0. The molecule has 16 heavy (non-hydrogen) atoms. The molecule has 2 rings (SSSR count). The minimum atomic E-state index is -0.340. The molecular weight excluding hydrogens is 232 g/mol. The summed E-state index contributed by atoms with van der Waals surface area (Å²) in [6.45, 7) is 0.184. The molecule has 2 aromatic rings. The second-order valence-electron chi connectivity index (χ2n) is 2.89. The van der Waals surface area contributed by atoms with E-state index in [0.29, 0.717) is 10.8 Å². The maximum atomic E-state index is 11.6. The van der Waals surface area contributed by atoms with Gasteiger partial charge in [0.1, 0.15) is 5.69 Å². The number of nitrogens with zero attached hydrogens (tertiary/aromatic N) is 3. The van der Waals surface area contributed by atoms with Crippen LogP contribution in [0.3, 0.4) is 0 Å². The van der Waals surface area contributed by atoms with Crippen LogP contribution >= 0.6 is 11.6 Å². The Bertz CT molecular complexity index is 486. The first kappa shape index (κ1) is 10.6. The standard InChI is InChI=1S/C9H7ClN4O2/c10-6-1-2-11-7(3-6)9(15)12-4-8-13-5-16-14-8/h1-3,5H,4H2,(H,12,15). The average Bonchev–Trinajstić information content (AvgIpc) is 2.78. The maximum Gasteiger partial charge on any atom is 0.270 e. The Morgan fingerprint density at radius 1 is 1.50 bits per heavy atom. The van der Waals surface area contributed by atoms with E-state index in [1.54, 1.807) is 6.07 Å². The van der Waals surface area contributed by atoms with Gasteiger partial charge in [0.15, 0.2) is 5.82 Å². The quantitative estimate of drug-likeness (QED) is 0.864. The summed E-state index contributed by atoms with van der Waals surface area (Å²) in [6.07, 6.45) is 2.66. The van der Waals surface area contributed by atoms with E-state index in [2.05, 4.69) is 25.0 Å². The molecule has 0 bridgehead atoms. The van der Waals surface area contributed by atoms with Crippen molar-refractivity contribution in [2.75, 3.05) is 0 Å². The van der Waals surface area contributed by atoms with E-state index in [9.17, 15) is 4.79 Å². The van der Waals surface area contributed by atoms with Crippen molar-refractivity contribution in [3.8, 4) is 0 Å². The zero-order chi connectivity index (χ0) is 11.4. The second kappa shape index (κ2) is 4.71. The molecule has 0 aromatic carbocycles. The number of carbonyl (C=O) groups is 1. The van der Waals surface area contributed by atoms with E-state index in [-0.39, 0.29) is 18.1 Å². The predicted molar refractivity (Wildman–Crippen MR) is 54.7 cm³/mol. The molecule has 0 atom stereocenters. The van der Waals surface area contributed by atoms with E-state index < -0.39 is 0 Å². The number of pyridine rings is 1. The van der Waals surface area contributed by atoms with E-state index in [4.69, 9.17) is 11.6 Å². The first-order chi connectivity index (χ1) is 7.75. The van der Waals surface area contributed by atoms with Gasteiger partial charge in [0.25, 0.3) is 5.91 Å². The minimum Gasteiger partial charge on any atom is -0.343 e. The SMILES string of the molecule is O=C(NCc1ncon1)c1cc(Cl)ccn1. The van der Waals surface area contributed by atoms with Crippen molar-refractivity contribution in [3.63, 3.8) is 0 Å². The average molecular weight is 239 g/mol. The number of hydrogen-bond donors (Lipinski definition) is 1. The molecule has 1 N–H and O–H groups in total. The Morgan fingerprint density at radius 3 is 3.06 bits per heavy atom. The molecule has 0 aliphatic heterocycles. The summed E-state index contributed by atoms with van der Waals surface area (Å²) in [5, 5.41) is 6.59. The molecule has 0 unspecified atom stereocenters. The van der Waals surface area contributed by atoms with Crippen LogP contribution in [0.2, 0.25) is 5.02 Å². The molecule has 2 aromatic heterocycles. The molecule has 0 saturated carbocycles. The predicted octanol–water partition coefficient (Wildman–Crippen LogP) is 1.05. The van der Waals surface area contributed by atoms with Crippen molar-refractivity contribution >= 4 is 17.5 Å². The summed E-state index contributed by atoms with van der Waals surface area (Å²) in [5.74, 6) is 0.0580. The lowest BCUT2D eigenvalue weighted by molar-refractivity contribution is 0.0944. The third-order valence-corrected chi connectivity index (χ3v) is 2.00. The molecule has 1 amide bonds. The van der Waals surface area contributed by atoms with Crippen molar-refractivity contribution in [3.05, 3.63) is 41.3 Å². The van der Waals surface area contributed by atoms with Gasteiger partial charge < -0.3 is 9.84 Å². The number of carbonyl (C=O) groups excluding carboxylic acids is 1. The van der Waals surface area contributed by atoms with Gasteiger partial charge in [-0.15, -0.1) is 0 Å². The molecule has 0 saturated heterocycles. The van der Waals surface area contributed by atoms with Crippen LogP contribution in [0.4, 0.5) is 0 Å². The summed E-state index contributed by atoms with van der Waals surface area (Å²) in [5.41, 5.74) is 0.246. The number of amides is 1. The Kier molecular flexibility index (Phi) is 3.11. The first-order valence-corrected chi connectivity index (χ1v) is 4.78. The van der Waals surface area contributed by atoms with Crippen LogP contribution in [0.1, 0.15) is 16.3 Å². The molecule has 0 aliphatic carbocycles. The summed E-state index contributed by atoms with van der Waals surface area (Å²) < 4.78 is 4.52. The van der Waals surface area contributed by atoms with Gasteiger partial charge in [-0.05, 0) is 12.1 Å². The third-order valence-electron chi connectivity index (χ3n) is 1.77. The van der Waals surface area contributed by atoms with Crippen LogP contribution in [-0.4, -0.2) is 21.0 Å². The molecule has 2 heterocycles. The van der Waals surface area contributed by atoms with E-state index in [0.717, 1.165) is 0 Å². The van der Waals surface area contributed by atoms with Crippen molar-refractivity contribution in [2.45, 2.75) is 6.54 Å². The van der Waals surface area contributed by atoms with E-state index in [1.807, 2.05) is 0 Å². The van der Waals surface area contributed by atoms with Crippen LogP contribution in [0.15, 0.2) is 29.2 Å². The molecule has 0 radical (unpaired) electrons. The fourth-order valence-corrected chi connectivity index (χ4v) is 1.21. The van der Waals surface area contributed by atoms with Gasteiger partial charge in [0, 0.05) is 11.2 Å². The molecule has 82 valence electrons. The lowest BCUT2D eigenvalue weighted by Crippen LogP contribution is -2.24. The van der Waals surface area contributed by atoms with Gasteiger partial charge in [0.2, 0.25) is 6.39 Å². The van der Waals surface area contributed by atoms with E-state index in [1.165, 1.54) is 18.7 Å². The number of aromatic nitrogens is 3. The Labute approximate surface area is 95.6 Å². The first-order valence-electron chi connectivity index (χ1n) is 4.41. The lowest BCUT2D eigenvalue weighted by atomic mass is 10.3. The summed E-state index contributed by atoms with van der Waals surface area (Å²) in [4.78, 5) is 19.2. The zero-order valence-electron chi connectivity index (χ0n) is 8.05. The van der Waals surface area contributed by atoms with Crippen molar-refractivity contribution in [2.24, 2.45) is 0 Å². The van der Waals surface area contributed by atoms with E-state index >= 15 is 0 Å². The molecule has 0 aliphatic rings. The topological polar surface area (TPSA) is 80.9 Å². The van der Waals surface area contributed by atoms with Gasteiger partial charge in [-0.1, -0.05) is 16.8 Å². The Morgan fingerprint density at radius 2 is 2.38 bits per heavy atom. The zero-order valence-corrected chi connectivity index (χ0v) is 8.81. The Hall–Kier alpha value is -1.95. The molecule has 7 heteroatoms. The number of halogens is 1. The van der Waals surface area contributed by atoms with Crippen LogP contribution in [0.5, 0.6) is 0 Å². The van der Waals surface area contributed by atoms with Crippen LogP contribution in [-0.2, 0) is 6.54 Å². The maximum absolute atomic E-state index is 11.6.